The zero-order valence-corrected chi connectivity index (χ0v) is 9.48. The summed E-state index contributed by atoms with van der Waals surface area (Å²) in [5.41, 5.74) is 1.21. The predicted octanol–water partition coefficient (Wildman–Crippen LogP) is 2.74. The van der Waals surface area contributed by atoms with E-state index in [-0.39, 0.29) is 11.7 Å². The molecule has 0 fully saturated rings. The van der Waals surface area contributed by atoms with E-state index in [1.165, 1.54) is 5.56 Å². The van der Waals surface area contributed by atoms with Gasteiger partial charge >= 0.3 is 0 Å². The third kappa shape index (κ3) is 2.51. The summed E-state index contributed by atoms with van der Waals surface area (Å²) in [6, 6.07) is 10.1. The SMILES string of the molecule is CCOC1=CC(=O)C(Cc2ccccc2)C1. The molecule has 16 heavy (non-hydrogen) atoms. The monoisotopic (exact) mass is 216 g/mol. The van der Waals surface area contributed by atoms with Gasteiger partial charge in [0.25, 0.3) is 0 Å². The summed E-state index contributed by atoms with van der Waals surface area (Å²) in [4.78, 5) is 11.7. The van der Waals surface area contributed by atoms with Crippen LogP contribution in [-0.2, 0) is 16.0 Å². The fraction of sp³-hybridized carbons (Fsp3) is 0.357. The molecule has 2 nitrogen and oxygen atoms in total. The van der Waals surface area contributed by atoms with Crippen LogP contribution in [0.3, 0.4) is 0 Å². The number of benzene rings is 1. The average molecular weight is 216 g/mol. The number of rotatable bonds is 4. The van der Waals surface area contributed by atoms with E-state index in [9.17, 15) is 4.79 Å². The largest absolute Gasteiger partial charge is 0.498 e. The van der Waals surface area contributed by atoms with E-state index >= 15 is 0 Å². The molecule has 1 aliphatic carbocycles. The van der Waals surface area contributed by atoms with Gasteiger partial charge in [-0.15, -0.1) is 0 Å². The quantitative estimate of drug-likeness (QED) is 0.773. The highest BCUT2D eigenvalue weighted by molar-refractivity contribution is 5.94. The Kier molecular flexibility index (Phi) is 3.40. The minimum absolute atomic E-state index is 0.0731. The zero-order valence-electron chi connectivity index (χ0n) is 9.48. The van der Waals surface area contributed by atoms with Gasteiger partial charge in [-0.25, -0.2) is 0 Å². The minimum Gasteiger partial charge on any atom is -0.498 e. The number of ketones is 1. The fourth-order valence-corrected chi connectivity index (χ4v) is 2.04. The number of allylic oxidation sites excluding steroid dienone is 2. The molecule has 2 rings (SSSR count). The Morgan fingerprint density at radius 1 is 1.31 bits per heavy atom. The number of carbonyl (C=O) groups excluding carboxylic acids is 1. The molecule has 0 amide bonds. The Morgan fingerprint density at radius 3 is 2.75 bits per heavy atom. The lowest BCUT2D eigenvalue weighted by Gasteiger charge is -2.09. The number of carbonyl (C=O) groups is 1. The van der Waals surface area contributed by atoms with E-state index in [0.717, 1.165) is 18.6 Å². The minimum atomic E-state index is 0.0731. The third-order valence-corrected chi connectivity index (χ3v) is 2.81. The van der Waals surface area contributed by atoms with Crippen molar-refractivity contribution in [2.45, 2.75) is 19.8 Å². The number of hydrogen-bond donors (Lipinski definition) is 0. The molecule has 1 unspecified atom stereocenters. The van der Waals surface area contributed by atoms with Gasteiger partial charge in [-0.3, -0.25) is 4.79 Å². The van der Waals surface area contributed by atoms with Crippen LogP contribution in [0.5, 0.6) is 0 Å². The van der Waals surface area contributed by atoms with Gasteiger partial charge in [-0.2, -0.15) is 0 Å². The second-order valence-electron chi connectivity index (χ2n) is 4.04. The van der Waals surface area contributed by atoms with E-state index < -0.39 is 0 Å². The van der Waals surface area contributed by atoms with Crippen LogP contribution in [0.2, 0.25) is 0 Å². The maximum Gasteiger partial charge on any atom is 0.162 e. The lowest BCUT2D eigenvalue weighted by atomic mass is 9.96. The molecule has 1 aromatic carbocycles. The maximum absolute atomic E-state index is 11.7. The second kappa shape index (κ2) is 4.97. The van der Waals surface area contributed by atoms with Gasteiger partial charge in [0.15, 0.2) is 5.78 Å². The Hall–Kier alpha value is -1.57. The van der Waals surface area contributed by atoms with E-state index in [2.05, 4.69) is 12.1 Å². The topological polar surface area (TPSA) is 26.3 Å². The molecular formula is C14H16O2. The number of ether oxygens (including phenoxy) is 1. The highest BCUT2D eigenvalue weighted by atomic mass is 16.5. The van der Waals surface area contributed by atoms with Gasteiger partial charge in [0.05, 0.1) is 6.61 Å². The molecule has 1 aromatic rings. The van der Waals surface area contributed by atoms with Crippen molar-refractivity contribution in [3.8, 4) is 0 Å². The van der Waals surface area contributed by atoms with E-state index in [1.807, 2.05) is 25.1 Å². The van der Waals surface area contributed by atoms with Gasteiger partial charge in [0.2, 0.25) is 0 Å². The van der Waals surface area contributed by atoms with Gasteiger partial charge in [-0.05, 0) is 18.9 Å². The summed E-state index contributed by atoms with van der Waals surface area (Å²) in [5.74, 6) is 1.12. The Bertz CT molecular complexity index is 392. The number of hydrogen-bond acceptors (Lipinski definition) is 2. The molecule has 0 saturated heterocycles. The van der Waals surface area contributed by atoms with Crippen LogP contribution in [0.4, 0.5) is 0 Å². The lowest BCUT2D eigenvalue weighted by molar-refractivity contribution is -0.117. The molecule has 0 saturated carbocycles. The van der Waals surface area contributed by atoms with Crippen molar-refractivity contribution in [2.24, 2.45) is 5.92 Å². The van der Waals surface area contributed by atoms with Crippen LogP contribution in [0.1, 0.15) is 18.9 Å². The second-order valence-corrected chi connectivity index (χ2v) is 4.04. The smallest absolute Gasteiger partial charge is 0.162 e. The van der Waals surface area contributed by atoms with Gasteiger partial charge in [-0.1, -0.05) is 30.3 Å². The van der Waals surface area contributed by atoms with Crippen molar-refractivity contribution in [1.82, 2.24) is 0 Å². The Balaban J connectivity index is 1.97. The van der Waals surface area contributed by atoms with Crippen LogP contribution in [0.15, 0.2) is 42.2 Å². The summed E-state index contributed by atoms with van der Waals surface area (Å²) >= 11 is 0. The molecule has 2 heteroatoms. The van der Waals surface area contributed by atoms with E-state index in [4.69, 9.17) is 4.74 Å². The van der Waals surface area contributed by atoms with E-state index in [1.54, 1.807) is 6.08 Å². The predicted molar refractivity (Wildman–Crippen MR) is 63.0 cm³/mol. The first-order chi connectivity index (χ1) is 7.79. The molecule has 84 valence electrons. The van der Waals surface area contributed by atoms with Crippen molar-refractivity contribution in [2.75, 3.05) is 6.61 Å². The highest BCUT2D eigenvalue weighted by Crippen LogP contribution is 2.25. The molecule has 0 N–H and O–H groups in total. The summed E-state index contributed by atoms with van der Waals surface area (Å²) in [6.07, 6.45) is 3.21. The van der Waals surface area contributed by atoms with Crippen LogP contribution in [0, 0.1) is 5.92 Å². The van der Waals surface area contributed by atoms with Crippen LogP contribution < -0.4 is 0 Å². The zero-order chi connectivity index (χ0) is 11.4. The fourth-order valence-electron chi connectivity index (χ4n) is 2.04. The standard InChI is InChI=1S/C14H16O2/c1-2-16-13-9-12(14(15)10-13)8-11-6-4-3-5-7-11/h3-7,10,12H,2,8-9H2,1H3. The summed E-state index contributed by atoms with van der Waals surface area (Å²) in [7, 11) is 0. The molecular weight excluding hydrogens is 200 g/mol. The first-order valence-electron chi connectivity index (χ1n) is 5.70. The molecule has 0 bridgehead atoms. The normalized spacial score (nSPS) is 19.7. The van der Waals surface area contributed by atoms with Crippen molar-refractivity contribution in [3.63, 3.8) is 0 Å². The van der Waals surface area contributed by atoms with Crippen LogP contribution >= 0.6 is 0 Å². The molecule has 0 aliphatic heterocycles. The van der Waals surface area contributed by atoms with Crippen LogP contribution in [0.25, 0.3) is 0 Å². The summed E-state index contributed by atoms with van der Waals surface area (Å²) in [6.45, 7) is 2.58. The van der Waals surface area contributed by atoms with Crippen LogP contribution in [-0.4, -0.2) is 12.4 Å². The van der Waals surface area contributed by atoms with Crippen molar-refractivity contribution in [1.29, 1.82) is 0 Å². The van der Waals surface area contributed by atoms with Crippen molar-refractivity contribution < 1.29 is 9.53 Å². The highest BCUT2D eigenvalue weighted by Gasteiger charge is 2.26. The van der Waals surface area contributed by atoms with Gasteiger partial charge in [0.1, 0.15) is 5.76 Å². The molecule has 1 aliphatic rings. The van der Waals surface area contributed by atoms with E-state index in [0.29, 0.717) is 6.61 Å². The lowest BCUT2D eigenvalue weighted by Crippen LogP contribution is -2.10. The third-order valence-electron chi connectivity index (χ3n) is 2.81. The molecule has 0 radical (unpaired) electrons. The average Bonchev–Trinajstić information content (AvgIpc) is 2.61. The Labute approximate surface area is 95.9 Å². The Morgan fingerprint density at radius 2 is 2.06 bits per heavy atom. The van der Waals surface area contributed by atoms with Gasteiger partial charge in [0, 0.05) is 18.4 Å². The molecule has 0 spiro atoms. The van der Waals surface area contributed by atoms with Crippen molar-refractivity contribution >= 4 is 5.78 Å². The van der Waals surface area contributed by atoms with Gasteiger partial charge < -0.3 is 4.74 Å². The summed E-state index contributed by atoms with van der Waals surface area (Å²) in [5, 5.41) is 0. The molecule has 0 heterocycles. The first kappa shape index (κ1) is 10.9. The molecule has 0 aromatic heterocycles. The molecule has 1 atom stereocenters. The summed E-state index contributed by atoms with van der Waals surface area (Å²) < 4.78 is 5.38. The van der Waals surface area contributed by atoms with Crippen molar-refractivity contribution in [3.05, 3.63) is 47.7 Å². The first-order valence-corrected chi connectivity index (χ1v) is 5.70. The maximum atomic E-state index is 11.7.